The second-order valence-corrected chi connectivity index (χ2v) is 9.02. The molecular weight excluding hydrogens is 336 g/mol. The third-order valence-electron chi connectivity index (χ3n) is 5.57. The fourth-order valence-electron chi connectivity index (χ4n) is 3.39. The Labute approximate surface area is 168 Å². The van der Waals surface area contributed by atoms with Crippen molar-refractivity contribution < 1.29 is 14.3 Å². The van der Waals surface area contributed by atoms with E-state index in [4.69, 9.17) is 4.74 Å². The van der Waals surface area contributed by atoms with Crippen molar-refractivity contribution in [2.45, 2.75) is 113 Å². The Bertz CT molecular complexity index is 432. The molecule has 0 fully saturated rings. The van der Waals surface area contributed by atoms with E-state index in [1.807, 2.05) is 20.8 Å². The highest BCUT2D eigenvalue weighted by molar-refractivity contribution is 5.83. The predicted octanol–water partition coefficient (Wildman–Crippen LogP) is 7.04. The zero-order valence-electron chi connectivity index (χ0n) is 19.1. The lowest BCUT2D eigenvalue weighted by Gasteiger charge is -2.23. The van der Waals surface area contributed by atoms with Crippen LogP contribution in [-0.2, 0) is 14.3 Å². The molecule has 0 rings (SSSR count). The zero-order chi connectivity index (χ0) is 20.9. The Balaban J connectivity index is 4.10. The Hall–Kier alpha value is -1.12. The van der Waals surface area contributed by atoms with Crippen LogP contribution in [0.4, 0.5) is 0 Å². The number of allylic oxidation sites excluding steroid dienone is 2. The summed E-state index contributed by atoms with van der Waals surface area (Å²) in [6, 6.07) is 0. The Morgan fingerprint density at radius 1 is 0.815 bits per heavy atom. The van der Waals surface area contributed by atoms with Crippen molar-refractivity contribution >= 4 is 11.8 Å². The smallest absolute Gasteiger partial charge is 0.311 e. The molecule has 0 aromatic rings. The van der Waals surface area contributed by atoms with Gasteiger partial charge in [0.05, 0.1) is 12.0 Å². The summed E-state index contributed by atoms with van der Waals surface area (Å²) in [4.78, 5) is 24.1. The molecule has 0 aromatic heterocycles. The van der Waals surface area contributed by atoms with Gasteiger partial charge >= 0.3 is 5.97 Å². The highest BCUT2D eigenvalue weighted by atomic mass is 16.5. The van der Waals surface area contributed by atoms with E-state index in [1.54, 1.807) is 0 Å². The van der Waals surface area contributed by atoms with E-state index in [0.29, 0.717) is 18.8 Å². The molecule has 0 bridgehead atoms. The molecule has 0 N–H and O–H groups in total. The highest BCUT2D eigenvalue weighted by Gasteiger charge is 2.28. The number of unbranched alkanes of at least 4 members (excludes halogenated alkanes) is 2. The van der Waals surface area contributed by atoms with Crippen molar-refractivity contribution in [3.05, 3.63) is 11.6 Å². The third-order valence-corrected chi connectivity index (χ3v) is 5.57. The number of ether oxygens (including phenoxy) is 1. The fraction of sp³-hybridized carbons (Fsp3) is 0.833. The van der Waals surface area contributed by atoms with Gasteiger partial charge in [-0.25, -0.2) is 0 Å². The summed E-state index contributed by atoms with van der Waals surface area (Å²) in [6.07, 6.45) is 12.4. The molecule has 158 valence electrons. The molecule has 3 nitrogen and oxygen atoms in total. The summed E-state index contributed by atoms with van der Waals surface area (Å²) < 4.78 is 5.16. The number of ketones is 1. The van der Waals surface area contributed by atoms with Crippen LogP contribution < -0.4 is 0 Å². The Kier molecular flexibility index (Phi) is 12.6. The van der Waals surface area contributed by atoms with Crippen LogP contribution in [0.25, 0.3) is 0 Å². The standard InChI is InChI=1S/C24H44O3/c1-8-15-21(25)23(4,5)18-13-11-16-20(9-2)17-12-14-19-24(6,7)22(26)27-10-3/h9H,8,10-19H2,1-7H3. The average Bonchev–Trinajstić information content (AvgIpc) is 2.60. The summed E-state index contributed by atoms with van der Waals surface area (Å²) in [5, 5.41) is 0. The topological polar surface area (TPSA) is 43.4 Å². The molecule has 0 atom stereocenters. The van der Waals surface area contributed by atoms with Crippen LogP contribution in [0.2, 0.25) is 0 Å². The van der Waals surface area contributed by atoms with Crippen molar-refractivity contribution in [1.29, 1.82) is 0 Å². The van der Waals surface area contributed by atoms with Crippen LogP contribution in [0.5, 0.6) is 0 Å². The monoisotopic (exact) mass is 380 g/mol. The minimum absolute atomic E-state index is 0.0866. The van der Waals surface area contributed by atoms with Crippen molar-refractivity contribution in [1.82, 2.24) is 0 Å². The highest BCUT2D eigenvalue weighted by Crippen LogP contribution is 2.29. The third kappa shape index (κ3) is 10.7. The molecule has 0 aromatic carbocycles. The fourth-order valence-corrected chi connectivity index (χ4v) is 3.39. The average molecular weight is 381 g/mol. The van der Waals surface area contributed by atoms with Crippen LogP contribution in [-0.4, -0.2) is 18.4 Å². The Morgan fingerprint density at radius 3 is 1.78 bits per heavy atom. The maximum absolute atomic E-state index is 12.1. The second-order valence-electron chi connectivity index (χ2n) is 9.02. The number of carbonyl (C=O) groups excluding carboxylic acids is 2. The van der Waals surface area contributed by atoms with Gasteiger partial charge in [-0.1, -0.05) is 45.3 Å². The van der Waals surface area contributed by atoms with Crippen LogP contribution >= 0.6 is 0 Å². The summed E-state index contributed by atoms with van der Waals surface area (Å²) >= 11 is 0. The van der Waals surface area contributed by atoms with Gasteiger partial charge in [0.2, 0.25) is 0 Å². The molecule has 0 aliphatic heterocycles. The lowest BCUT2D eigenvalue weighted by atomic mass is 9.80. The summed E-state index contributed by atoms with van der Waals surface area (Å²) in [5.41, 5.74) is 0.940. The first-order valence-corrected chi connectivity index (χ1v) is 10.9. The molecular formula is C24H44O3. The van der Waals surface area contributed by atoms with Crippen molar-refractivity contribution in [2.24, 2.45) is 10.8 Å². The van der Waals surface area contributed by atoms with Crippen molar-refractivity contribution in [2.75, 3.05) is 6.61 Å². The molecule has 0 unspecified atom stereocenters. The van der Waals surface area contributed by atoms with Gasteiger partial charge in [0.25, 0.3) is 0 Å². The number of hydrogen-bond donors (Lipinski definition) is 0. The minimum Gasteiger partial charge on any atom is -0.466 e. The van der Waals surface area contributed by atoms with E-state index in [1.165, 1.54) is 5.57 Å². The van der Waals surface area contributed by atoms with E-state index < -0.39 is 0 Å². The lowest BCUT2D eigenvalue weighted by Crippen LogP contribution is -2.26. The maximum atomic E-state index is 12.1. The molecule has 3 heteroatoms. The molecule has 0 radical (unpaired) electrons. The number of esters is 1. The quantitative estimate of drug-likeness (QED) is 0.174. The van der Waals surface area contributed by atoms with Gasteiger partial charge in [-0.3, -0.25) is 9.59 Å². The molecule has 0 amide bonds. The summed E-state index contributed by atoms with van der Waals surface area (Å²) in [5.74, 6) is 0.317. The van der Waals surface area contributed by atoms with Gasteiger partial charge in [0, 0.05) is 11.8 Å². The van der Waals surface area contributed by atoms with Crippen molar-refractivity contribution in [3.8, 4) is 0 Å². The molecule has 0 aliphatic rings. The van der Waals surface area contributed by atoms with E-state index in [0.717, 1.165) is 57.8 Å². The first-order valence-electron chi connectivity index (χ1n) is 10.9. The zero-order valence-corrected chi connectivity index (χ0v) is 19.1. The first-order chi connectivity index (χ1) is 12.6. The van der Waals surface area contributed by atoms with Gasteiger partial charge in [-0.05, 0) is 72.6 Å². The summed E-state index contributed by atoms with van der Waals surface area (Å²) in [6.45, 7) is 14.6. The van der Waals surface area contributed by atoms with Gasteiger partial charge in [-0.15, -0.1) is 0 Å². The first kappa shape index (κ1) is 25.9. The molecule has 0 saturated heterocycles. The van der Waals surface area contributed by atoms with Crippen LogP contribution in [0.3, 0.4) is 0 Å². The molecule has 27 heavy (non-hydrogen) atoms. The van der Waals surface area contributed by atoms with E-state index >= 15 is 0 Å². The van der Waals surface area contributed by atoms with Crippen LogP contribution in [0.15, 0.2) is 11.6 Å². The van der Waals surface area contributed by atoms with Crippen LogP contribution in [0, 0.1) is 10.8 Å². The lowest BCUT2D eigenvalue weighted by molar-refractivity contribution is -0.153. The van der Waals surface area contributed by atoms with Gasteiger partial charge in [0.1, 0.15) is 5.78 Å². The van der Waals surface area contributed by atoms with E-state index in [9.17, 15) is 9.59 Å². The normalized spacial score (nSPS) is 12.9. The molecule has 0 heterocycles. The minimum atomic E-state index is -0.386. The maximum Gasteiger partial charge on any atom is 0.311 e. The van der Waals surface area contributed by atoms with Crippen LogP contribution in [0.1, 0.15) is 113 Å². The largest absolute Gasteiger partial charge is 0.466 e. The van der Waals surface area contributed by atoms with Crippen molar-refractivity contribution in [3.63, 3.8) is 0 Å². The van der Waals surface area contributed by atoms with Gasteiger partial charge < -0.3 is 4.74 Å². The predicted molar refractivity (Wildman–Crippen MR) is 115 cm³/mol. The SMILES string of the molecule is CC=C(CCCCC(C)(C)C(=O)CCC)CCCCC(C)(C)C(=O)OCC. The number of hydrogen-bond acceptors (Lipinski definition) is 3. The summed E-state index contributed by atoms with van der Waals surface area (Å²) in [7, 11) is 0. The Morgan fingerprint density at radius 2 is 1.33 bits per heavy atom. The number of Topliss-reactive ketones (excluding diaryl/α,β-unsaturated/α-hetero) is 1. The second kappa shape index (κ2) is 13.1. The number of rotatable bonds is 15. The van der Waals surface area contributed by atoms with E-state index in [2.05, 4.69) is 33.8 Å². The molecule has 0 saturated carbocycles. The van der Waals surface area contributed by atoms with Gasteiger partial charge in [0.15, 0.2) is 0 Å². The molecule has 0 spiro atoms. The van der Waals surface area contributed by atoms with E-state index in [-0.39, 0.29) is 16.8 Å². The molecule has 0 aliphatic carbocycles. The van der Waals surface area contributed by atoms with Gasteiger partial charge in [-0.2, -0.15) is 0 Å². The number of carbonyl (C=O) groups is 2.